The second-order valence-corrected chi connectivity index (χ2v) is 8.84. The number of aromatic nitrogens is 2. The number of carbonyl (C=O) groups excluding carboxylic acids is 2. The number of benzene rings is 1. The molecule has 0 spiro atoms. The average Bonchev–Trinajstić information content (AvgIpc) is 3.48. The van der Waals surface area contributed by atoms with Crippen LogP contribution in [0, 0.1) is 6.92 Å². The van der Waals surface area contributed by atoms with Crippen LogP contribution in [0.25, 0.3) is 0 Å². The summed E-state index contributed by atoms with van der Waals surface area (Å²) in [4.78, 5) is 37.0. The normalized spacial score (nSPS) is 15.8. The Balaban J connectivity index is 1.33. The number of hydrogen-bond acceptors (Lipinski definition) is 7. The first-order chi connectivity index (χ1) is 16.0. The van der Waals surface area contributed by atoms with Gasteiger partial charge in [-0.25, -0.2) is 9.78 Å². The van der Waals surface area contributed by atoms with Crippen molar-refractivity contribution >= 4 is 34.8 Å². The Hall–Kier alpha value is -3.50. The lowest BCUT2D eigenvalue weighted by atomic mass is 10.1. The fraction of sp³-hybridized carbons (Fsp3) is 0.304. The molecule has 1 atom stereocenters. The Kier molecular flexibility index (Phi) is 7.16. The third-order valence-electron chi connectivity index (χ3n) is 5.30. The van der Waals surface area contributed by atoms with Gasteiger partial charge in [0.1, 0.15) is 5.75 Å². The van der Waals surface area contributed by atoms with Crippen LogP contribution in [-0.4, -0.2) is 53.0 Å². The Labute approximate surface area is 196 Å². The molecule has 2 aromatic heterocycles. The summed E-state index contributed by atoms with van der Waals surface area (Å²) in [5.41, 5.74) is 1.66. The molecule has 3 aromatic rings. The smallest absolute Gasteiger partial charge is 0.324 e. The molecule has 3 heterocycles. The van der Waals surface area contributed by atoms with Crippen LogP contribution in [-0.2, 0) is 6.54 Å². The highest BCUT2D eigenvalue weighted by Crippen LogP contribution is 2.26. The van der Waals surface area contributed by atoms with Crippen LogP contribution in [0.4, 0.5) is 16.3 Å². The zero-order chi connectivity index (χ0) is 23.2. The lowest BCUT2D eigenvalue weighted by Crippen LogP contribution is -2.37. The highest BCUT2D eigenvalue weighted by molar-refractivity contribution is 7.09. The molecule has 3 amide bonds. The molecule has 0 saturated carbocycles. The van der Waals surface area contributed by atoms with Crippen LogP contribution in [0.1, 0.15) is 27.3 Å². The number of anilines is 2. The molecular formula is C23H26N6O3S. The SMILES string of the molecule is COc1cc(C(=O)N[C@H]2CCN(Cc3cccs3)C2)ccc1NC(=O)Nc1cnc(C)cn1. The molecule has 1 fully saturated rings. The fourth-order valence-corrected chi connectivity index (χ4v) is 4.39. The first kappa shape index (κ1) is 22.7. The van der Waals surface area contributed by atoms with Gasteiger partial charge in [0.2, 0.25) is 0 Å². The summed E-state index contributed by atoms with van der Waals surface area (Å²) in [5, 5.41) is 10.5. The van der Waals surface area contributed by atoms with Gasteiger partial charge in [-0.05, 0) is 43.0 Å². The Morgan fingerprint density at radius 3 is 2.82 bits per heavy atom. The average molecular weight is 467 g/mol. The van der Waals surface area contributed by atoms with E-state index >= 15 is 0 Å². The van der Waals surface area contributed by atoms with Gasteiger partial charge in [0.25, 0.3) is 5.91 Å². The molecule has 1 saturated heterocycles. The highest BCUT2D eigenvalue weighted by atomic mass is 32.1. The van der Waals surface area contributed by atoms with Crippen molar-refractivity contribution in [3.8, 4) is 5.75 Å². The largest absolute Gasteiger partial charge is 0.495 e. The van der Waals surface area contributed by atoms with E-state index in [1.54, 1.807) is 35.7 Å². The van der Waals surface area contributed by atoms with Crippen molar-refractivity contribution in [2.45, 2.75) is 25.9 Å². The van der Waals surface area contributed by atoms with Gasteiger partial charge >= 0.3 is 6.03 Å². The first-order valence-electron chi connectivity index (χ1n) is 10.6. The standard InChI is InChI=1S/C23H26N6O3S/c1-15-11-25-21(12-24-15)28-23(31)27-19-6-5-16(10-20(19)32-2)22(30)26-17-7-8-29(13-17)14-18-4-3-9-33-18/h3-6,9-12,17H,7-8,13-14H2,1-2H3,(H,26,30)(H2,25,27,28,31)/t17-/m0/s1. The van der Waals surface area contributed by atoms with Crippen molar-refractivity contribution in [1.82, 2.24) is 20.2 Å². The molecule has 3 N–H and O–H groups in total. The molecule has 1 aromatic carbocycles. The number of methoxy groups -OCH3 is 1. The fourth-order valence-electron chi connectivity index (χ4n) is 3.65. The van der Waals surface area contributed by atoms with Crippen LogP contribution >= 0.6 is 11.3 Å². The molecule has 172 valence electrons. The maximum atomic E-state index is 12.8. The van der Waals surface area contributed by atoms with Gasteiger partial charge in [-0.1, -0.05) is 6.07 Å². The van der Waals surface area contributed by atoms with E-state index in [0.717, 1.165) is 31.7 Å². The van der Waals surface area contributed by atoms with Crippen LogP contribution < -0.4 is 20.7 Å². The number of nitrogens with one attached hydrogen (secondary N) is 3. The number of ether oxygens (including phenoxy) is 1. The molecule has 9 nitrogen and oxygen atoms in total. The van der Waals surface area contributed by atoms with Crippen LogP contribution in [0.3, 0.4) is 0 Å². The number of amides is 3. The molecule has 10 heteroatoms. The maximum absolute atomic E-state index is 12.8. The van der Waals surface area contributed by atoms with E-state index in [9.17, 15) is 9.59 Å². The van der Waals surface area contributed by atoms with E-state index in [2.05, 4.69) is 48.3 Å². The van der Waals surface area contributed by atoms with E-state index in [4.69, 9.17) is 4.74 Å². The monoisotopic (exact) mass is 466 g/mol. The molecule has 0 unspecified atom stereocenters. The number of urea groups is 1. The Morgan fingerprint density at radius 2 is 2.09 bits per heavy atom. The second-order valence-electron chi connectivity index (χ2n) is 7.81. The summed E-state index contributed by atoms with van der Waals surface area (Å²) in [6.45, 7) is 4.50. The third kappa shape index (κ3) is 6.05. The van der Waals surface area contributed by atoms with Crippen molar-refractivity contribution in [1.29, 1.82) is 0 Å². The van der Waals surface area contributed by atoms with Crippen LogP contribution in [0.5, 0.6) is 5.75 Å². The van der Waals surface area contributed by atoms with Crippen molar-refractivity contribution in [3.05, 3.63) is 64.2 Å². The van der Waals surface area contributed by atoms with E-state index in [-0.39, 0.29) is 11.9 Å². The minimum Gasteiger partial charge on any atom is -0.495 e. The minimum absolute atomic E-state index is 0.0997. The van der Waals surface area contributed by atoms with Crippen LogP contribution in [0.2, 0.25) is 0 Å². The van der Waals surface area contributed by atoms with Gasteiger partial charge in [0, 0.05) is 36.1 Å². The number of carbonyl (C=O) groups is 2. The number of likely N-dealkylation sites (tertiary alicyclic amines) is 1. The predicted octanol–water partition coefficient (Wildman–Crippen LogP) is 3.50. The topological polar surface area (TPSA) is 108 Å². The summed E-state index contributed by atoms with van der Waals surface area (Å²) in [6, 6.07) is 8.73. The first-order valence-corrected chi connectivity index (χ1v) is 11.5. The lowest BCUT2D eigenvalue weighted by Gasteiger charge is -2.16. The van der Waals surface area contributed by atoms with E-state index in [0.29, 0.717) is 22.8 Å². The molecule has 0 bridgehead atoms. The zero-order valence-electron chi connectivity index (χ0n) is 18.5. The summed E-state index contributed by atoms with van der Waals surface area (Å²) in [6.07, 6.45) is 3.95. The van der Waals surface area contributed by atoms with E-state index in [1.807, 2.05) is 6.92 Å². The number of aryl methyl sites for hydroxylation is 1. The number of rotatable bonds is 7. The Morgan fingerprint density at radius 1 is 1.21 bits per heavy atom. The summed E-state index contributed by atoms with van der Waals surface area (Å²) in [5.74, 6) is 0.554. The van der Waals surface area contributed by atoms with Gasteiger partial charge in [-0.2, -0.15) is 0 Å². The van der Waals surface area contributed by atoms with Gasteiger partial charge in [0.15, 0.2) is 5.82 Å². The Bertz CT molecular complexity index is 1100. The van der Waals surface area contributed by atoms with E-state index in [1.165, 1.54) is 18.2 Å². The van der Waals surface area contributed by atoms with Crippen molar-refractivity contribution in [2.75, 3.05) is 30.8 Å². The molecule has 1 aliphatic rings. The minimum atomic E-state index is -0.486. The number of nitrogens with zero attached hydrogens (tertiary/aromatic N) is 3. The molecular weight excluding hydrogens is 440 g/mol. The van der Waals surface area contributed by atoms with Gasteiger partial charge < -0.3 is 15.4 Å². The van der Waals surface area contributed by atoms with Crippen molar-refractivity contribution < 1.29 is 14.3 Å². The number of thiophene rings is 1. The predicted molar refractivity (Wildman–Crippen MR) is 128 cm³/mol. The molecule has 4 rings (SSSR count). The summed E-state index contributed by atoms with van der Waals surface area (Å²) in [7, 11) is 1.49. The molecule has 0 aliphatic carbocycles. The van der Waals surface area contributed by atoms with Gasteiger partial charge in [-0.15, -0.1) is 11.3 Å². The second kappa shape index (κ2) is 10.4. The van der Waals surface area contributed by atoms with E-state index < -0.39 is 6.03 Å². The quantitative estimate of drug-likeness (QED) is 0.492. The molecule has 1 aliphatic heterocycles. The van der Waals surface area contributed by atoms with Gasteiger partial charge in [0.05, 0.1) is 30.9 Å². The van der Waals surface area contributed by atoms with Crippen LogP contribution in [0.15, 0.2) is 48.1 Å². The zero-order valence-corrected chi connectivity index (χ0v) is 19.3. The maximum Gasteiger partial charge on any atom is 0.324 e. The third-order valence-corrected chi connectivity index (χ3v) is 6.16. The number of hydrogen-bond donors (Lipinski definition) is 3. The molecule has 33 heavy (non-hydrogen) atoms. The molecule has 0 radical (unpaired) electrons. The van der Waals surface area contributed by atoms with Gasteiger partial charge in [-0.3, -0.25) is 20.0 Å². The highest BCUT2D eigenvalue weighted by Gasteiger charge is 2.25. The van der Waals surface area contributed by atoms with Crippen molar-refractivity contribution in [3.63, 3.8) is 0 Å². The lowest BCUT2D eigenvalue weighted by molar-refractivity contribution is 0.0937. The summed E-state index contributed by atoms with van der Waals surface area (Å²) < 4.78 is 5.39. The summed E-state index contributed by atoms with van der Waals surface area (Å²) >= 11 is 1.75. The van der Waals surface area contributed by atoms with Crippen molar-refractivity contribution in [2.24, 2.45) is 0 Å².